The maximum atomic E-state index is 10.4. The van der Waals surface area contributed by atoms with Crippen molar-refractivity contribution in [2.75, 3.05) is 0 Å². The summed E-state index contributed by atoms with van der Waals surface area (Å²) < 4.78 is 0. The van der Waals surface area contributed by atoms with Crippen molar-refractivity contribution >= 4 is 24.2 Å². The molecule has 0 saturated heterocycles. The Morgan fingerprint density at radius 2 is 2.27 bits per heavy atom. The maximum absolute atomic E-state index is 10.4. The van der Waals surface area contributed by atoms with Crippen molar-refractivity contribution in [1.29, 1.82) is 0 Å². The van der Waals surface area contributed by atoms with Gasteiger partial charge in [-0.25, -0.2) is 0 Å². The van der Waals surface area contributed by atoms with Gasteiger partial charge in [0, 0.05) is 5.57 Å². The second-order valence-electron chi connectivity index (χ2n) is 2.07. The summed E-state index contributed by atoms with van der Waals surface area (Å²) in [5.41, 5.74) is 0.219. The van der Waals surface area contributed by atoms with Gasteiger partial charge in [-0.05, 0) is 12.3 Å². The van der Waals surface area contributed by atoms with Crippen LogP contribution >= 0.6 is 11.6 Å². The van der Waals surface area contributed by atoms with Crippen LogP contribution in [0.3, 0.4) is 0 Å². The molecule has 1 atom stereocenters. The number of halogens is 1. The van der Waals surface area contributed by atoms with E-state index in [1.807, 2.05) is 0 Å². The number of rotatable bonds is 2. The van der Waals surface area contributed by atoms with Crippen LogP contribution in [0, 0.1) is 0 Å². The molecule has 58 valence electrons. The summed E-state index contributed by atoms with van der Waals surface area (Å²) in [5, 5.41) is 2.56. The smallest absolute Gasteiger partial charge is 0.197 e. The first-order chi connectivity index (χ1) is 5.23. The Hall–Kier alpha value is -1.09. The summed E-state index contributed by atoms with van der Waals surface area (Å²) in [7, 11) is 0. The van der Waals surface area contributed by atoms with Crippen molar-refractivity contribution in [3.8, 4) is 0 Å². The lowest BCUT2D eigenvalue weighted by molar-refractivity contribution is -0.112. The fraction of sp³-hybridized carbons (Fsp3) is 0.143. The molecule has 0 bridgehead atoms. The van der Waals surface area contributed by atoms with E-state index >= 15 is 0 Å². The van der Waals surface area contributed by atoms with Crippen LogP contribution in [0.2, 0.25) is 0 Å². The number of allylic oxidation sites excluding steroid dienone is 2. The molecule has 1 rings (SSSR count). The van der Waals surface area contributed by atoms with Gasteiger partial charge in [0.05, 0.1) is 0 Å². The molecule has 0 amide bonds. The van der Waals surface area contributed by atoms with E-state index in [0.29, 0.717) is 12.6 Å². The van der Waals surface area contributed by atoms with Crippen molar-refractivity contribution in [2.45, 2.75) is 5.00 Å². The highest BCUT2D eigenvalue weighted by atomic mass is 35.5. The van der Waals surface area contributed by atoms with Crippen molar-refractivity contribution in [1.82, 2.24) is 5.32 Å². The molecular weight excluding hydrogens is 166 g/mol. The molecule has 4 heteroatoms. The summed E-state index contributed by atoms with van der Waals surface area (Å²) in [6.45, 7) is 0. The molecule has 0 spiro atoms. The first-order valence-corrected chi connectivity index (χ1v) is 3.36. The van der Waals surface area contributed by atoms with Crippen LogP contribution in [-0.4, -0.2) is 17.6 Å². The molecule has 3 nitrogen and oxygen atoms in total. The average Bonchev–Trinajstić information content (AvgIpc) is 2.05. The quantitative estimate of drug-likeness (QED) is 0.371. The molecule has 0 fully saturated rings. The molecule has 0 aromatic heterocycles. The molecule has 1 aliphatic heterocycles. The van der Waals surface area contributed by atoms with E-state index in [-0.39, 0.29) is 5.57 Å². The molecule has 0 aromatic rings. The Bertz CT molecular complexity index is 247. The van der Waals surface area contributed by atoms with Gasteiger partial charge in [-0.3, -0.25) is 9.59 Å². The molecule has 0 saturated carbocycles. The summed E-state index contributed by atoms with van der Waals surface area (Å²) in [6, 6.07) is 0. The Morgan fingerprint density at radius 3 is 2.73 bits per heavy atom. The maximum Gasteiger partial charge on any atom is 0.197 e. The highest BCUT2D eigenvalue weighted by Gasteiger charge is 2.30. The van der Waals surface area contributed by atoms with Crippen LogP contribution in [0.1, 0.15) is 0 Å². The zero-order valence-electron chi connectivity index (χ0n) is 5.58. The minimum Gasteiger partial charge on any atom is -0.363 e. The van der Waals surface area contributed by atoms with Crippen LogP contribution < -0.4 is 5.32 Å². The van der Waals surface area contributed by atoms with Gasteiger partial charge >= 0.3 is 0 Å². The monoisotopic (exact) mass is 171 g/mol. The zero-order valence-corrected chi connectivity index (χ0v) is 6.34. The fourth-order valence-corrected chi connectivity index (χ4v) is 0.923. The number of hydrogen-bond acceptors (Lipinski definition) is 3. The van der Waals surface area contributed by atoms with E-state index in [0.717, 1.165) is 0 Å². The van der Waals surface area contributed by atoms with Crippen molar-refractivity contribution in [2.24, 2.45) is 0 Å². The summed E-state index contributed by atoms with van der Waals surface area (Å²) in [5.74, 6) is 0. The average molecular weight is 172 g/mol. The lowest BCUT2D eigenvalue weighted by atomic mass is 10.1. The van der Waals surface area contributed by atoms with E-state index in [1.54, 1.807) is 6.08 Å². The number of hydrogen-bond donors (Lipinski definition) is 1. The number of nitrogens with one attached hydrogen (secondary N) is 1. The summed E-state index contributed by atoms with van der Waals surface area (Å²) in [6.07, 6.45) is 5.64. The molecule has 11 heavy (non-hydrogen) atoms. The van der Waals surface area contributed by atoms with Crippen LogP contribution in [0.15, 0.2) is 23.9 Å². The predicted molar refractivity (Wildman–Crippen MR) is 41.1 cm³/mol. The number of aldehydes is 2. The molecule has 0 aliphatic carbocycles. The Labute approximate surface area is 68.7 Å². The van der Waals surface area contributed by atoms with Crippen molar-refractivity contribution in [3.05, 3.63) is 23.9 Å². The van der Waals surface area contributed by atoms with E-state index in [2.05, 4.69) is 5.32 Å². The molecule has 0 aromatic carbocycles. The minimum atomic E-state index is -1.36. The zero-order chi connectivity index (χ0) is 8.32. The van der Waals surface area contributed by atoms with Gasteiger partial charge in [0.2, 0.25) is 0 Å². The first kappa shape index (κ1) is 8.01. The Morgan fingerprint density at radius 1 is 1.55 bits per heavy atom. The fourth-order valence-electron chi connectivity index (χ4n) is 0.753. The van der Waals surface area contributed by atoms with Crippen molar-refractivity contribution < 1.29 is 9.59 Å². The molecular formula is C7H6ClNO2. The topological polar surface area (TPSA) is 46.2 Å². The number of carbonyl (C=O) groups is 2. The van der Waals surface area contributed by atoms with Gasteiger partial charge in [-0.1, -0.05) is 17.7 Å². The molecule has 1 N–H and O–H groups in total. The molecule has 1 aliphatic rings. The predicted octanol–water partition coefficient (Wildman–Crippen LogP) is 0.363. The van der Waals surface area contributed by atoms with Gasteiger partial charge in [0.25, 0.3) is 0 Å². The van der Waals surface area contributed by atoms with Gasteiger partial charge in [-0.2, -0.15) is 0 Å². The standard InChI is InChI=1S/C7H6ClNO2/c8-7(5-11)6(4-10)2-1-3-9-7/h1-5,9H. The molecule has 0 radical (unpaired) electrons. The van der Waals surface area contributed by atoms with Crippen molar-refractivity contribution in [3.63, 3.8) is 0 Å². The second-order valence-corrected chi connectivity index (χ2v) is 2.67. The molecule has 1 heterocycles. The van der Waals surface area contributed by atoms with E-state index < -0.39 is 5.00 Å². The van der Waals surface area contributed by atoms with Gasteiger partial charge in [0.1, 0.15) is 6.29 Å². The number of alkyl halides is 1. The highest BCUT2D eigenvalue weighted by Crippen LogP contribution is 2.20. The summed E-state index contributed by atoms with van der Waals surface area (Å²) >= 11 is 5.70. The van der Waals surface area contributed by atoms with Crippen LogP contribution in [0.5, 0.6) is 0 Å². The SMILES string of the molecule is O=CC1=CC=CNC1(Cl)C=O. The van der Waals surface area contributed by atoms with Gasteiger partial charge in [0.15, 0.2) is 11.3 Å². The van der Waals surface area contributed by atoms with Gasteiger partial charge < -0.3 is 5.32 Å². The van der Waals surface area contributed by atoms with Crippen LogP contribution in [-0.2, 0) is 9.59 Å². The third-order valence-electron chi connectivity index (χ3n) is 1.37. The highest BCUT2D eigenvalue weighted by molar-refractivity contribution is 6.35. The number of carbonyl (C=O) groups excluding carboxylic acids is 2. The Balaban J connectivity index is 3.00. The summed E-state index contributed by atoms with van der Waals surface area (Å²) in [4.78, 5) is 19.4. The Kier molecular flexibility index (Phi) is 2.10. The van der Waals surface area contributed by atoms with Crippen LogP contribution in [0.4, 0.5) is 0 Å². The first-order valence-electron chi connectivity index (χ1n) is 2.98. The minimum absolute atomic E-state index is 0.219. The lowest BCUT2D eigenvalue weighted by Gasteiger charge is -2.22. The van der Waals surface area contributed by atoms with E-state index in [9.17, 15) is 9.59 Å². The third-order valence-corrected chi connectivity index (χ3v) is 1.79. The number of dihydropyridines is 1. The van der Waals surface area contributed by atoms with E-state index in [1.165, 1.54) is 12.3 Å². The lowest BCUT2D eigenvalue weighted by Crippen LogP contribution is -2.41. The second kappa shape index (κ2) is 2.88. The largest absolute Gasteiger partial charge is 0.363 e. The normalized spacial score (nSPS) is 28.6. The van der Waals surface area contributed by atoms with Gasteiger partial charge in [-0.15, -0.1) is 0 Å². The third kappa shape index (κ3) is 1.33. The molecule has 1 unspecified atom stereocenters. The van der Waals surface area contributed by atoms with E-state index in [4.69, 9.17) is 11.6 Å². The van der Waals surface area contributed by atoms with Crippen LogP contribution in [0.25, 0.3) is 0 Å².